The Hall–Kier alpha value is -0.340. The molecule has 4 aliphatic rings. The maximum atomic E-state index is 10.3. The van der Waals surface area contributed by atoms with Crippen LogP contribution >= 0.6 is 0 Å². The third kappa shape index (κ3) is 2.20. The van der Waals surface area contributed by atoms with Crippen LogP contribution < -0.4 is 0 Å². The van der Waals surface area contributed by atoms with Crippen molar-refractivity contribution in [2.24, 2.45) is 34.5 Å². The van der Waals surface area contributed by atoms with E-state index in [1.54, 1.807) is 5.57 Å². The van der Waals surface area contributed by atoms with Crippen molar-refractivity contribution in [2.45, 2.75) is 84.3 Å². The molecule has 3 saturated carbocycles. The topological polar surface area (TPSA) is 40.5 Å². The highest BCUT2D eigenvalue weighted by atomic mass is 16.3. The van der Waals surface area contributed by atoms with E-state index in [1.165, 1.54) is 44.9 Å². The van der Waals surface area contributed by atoms with Gasteiger partial charge in [0.25, 0.3) is 0 Å². The summed E-state index contributed by atoms with van der Waals surface area (Å²) in [7, 11) is 0. The Morgan fingerprint density at radius 2 is 1.83 bits per heavy atom. The molecular formula is C21H34O2. The van der Waals surface area contributed by atoms with E-state index in [9.17, 15) is 10.2 Å². The zero-order valence-electron chi connectivity index (χ0n) is 15.1. The molecule has 0 aromatic rings. The summed E-state index contributed by atoms with van der Waals surface area (Å²) in [5, 5.41) is 20.3. The van der Waals surface area contributed by atoms with Gasteiger partial charge in [-0.15, -0.1) is 0 Å². The second kappa shape index (κ2) is 5.33. The van der Waals surface area contributed by atoms with Crippen LogP contribution in [0.1, 0.15) is 72.1 Å². The molecule has 0 bridgehead atoms. The average Bonchev–Trinajstić information content (AvgIpc) is 2.85. The lowest BCUT2D eigenvalue weighted by atomic mass is 9.46. The fourth-order valence-corrected chi connectivity index (χ4v) is 7.54. The summed E-state index contributed by atoms with van der Waals surface area (Å²) in [4.78, 5) is 0. The van der Waals surface area contributed by atoms with E-state index >= 15 is 0 Å². The van der Waals surface area contributed by atoms with Crippen molar-refractivity contribution < 1.29 is 10.2 Å². The van der Waals surface area contributed by atoms with Crippen molar-refractivity contribution >= 4 is 0 Å². The number of aliphatic hydroxyl groups excluding tert-OH is 2. The second-order valence-corrected chi connectivity index (χ2v) is 9.60. The molecule has 0 aliphatic heterocycles. The first-order valence-electron chi connectivity index (χ1n) is 9.93. The fraction of sp³-hybridized carbons (Fsp3) is 0.905. The molecule has 2 nitrogen and oxygen atoms in total. The summed E-state index contributed by atoms with van der Waals surface area (Å²) < 4.78 is 0. The van der Waals surface area contributed by atoms with Gasteiger partial charge in [0, 0.05) is 0 Å². The summed E-state index contributed by atoms with van der Waals surface area (Å²) in [5.74, 6) is 2.97. The molecule has 2 heteroatoms. The van der Waals surface area contributed by atoms with Crippen molar-refractivity contribution in [3.63, 3.8) is 0 Å². The van der Waals surface area contributed by atoms with Gasteiger partial charge in [-0.1, -0.05) is 25.5 Å². The van der Waals surface area contributed by atoms with Gasteiger partial charge in [0.15, 0.2) is 0 Å². The summed E-state index contributed by atoms with van der Waals surface area (Å²) >= 11 is 0. The van der Waals surface area contributed by atoms with Gasteiger partial charge in [-0.05, 0) is 92.8 Å². The molecule has 2 N–H and O–H groups in total. The minimum absolute atomic E-state index is 0.152. The van der Waals surface area contributed by atoms with E-state index < -0.39 is 0 Å². The third-order valence-electron chi connectivity index (χ3n) is 8.74. The quantitative estimate of drug-likeness (QED) is 0.707. The van der Waals surface area contributed by atoms with Crippen molar-refractivity contribution in [3.8, 4) is 0 Å². The van der Waals surface area contributed by atoms with E-state index in [-0.39, 0.29) is 12.2 Å². The Morgan fingerprint density at radius 1 is 1.04 bits per heavy atom. The standard InChI is InChI=1S/C21H34O2/c1-13(22)17-6-7-18-16-5-4-14-12-15(23)8-10-20(14,2)19(16)9-11-21(17,18)3/h12-13,15-19,22-23H,4-11H2,1-3H3/t13-,15?,16-,17+,18-,19-,20-,21+/m0/s1. The van der Waals surface area contributed by atoms with Crippen LogP contribution in [-0.2, 0) is 0 Å². The van der Waals surface area contributed by atoms with Crippen LogP contribution in [-0.4, -0.2) is 22.4 Å². The largest absolute Gasteiger partial charge is 0.393 e. The smallest absolute Gasteiger partial charge is 0.0724 e. The molecule has 23 heavy (non-hydrogen) atoms. The van der Waals surface area contributed by atoms with Crippen LogP contribution in [0.15, 0.2) is 11.6 Å². The lowest BCUT2D eigenvalue weighted by Crippen LogP contribution is -2.51. The number of rotatable bonds is 1. The minimum Gasteiger partial charge on any atom is -0.393 e. The van der Waals surface area contributed by atoms with Crippen LogP contribution in [0.25, 0.3) is 0 Å². The lowest BCUT2D eigenvalue weighted by molar-refractivity contribution is -0.0725. The molecule has 0 aromatic heterocycles. The lowest BCUT2D eigenvalue weighted by Gasteiger charge is -2.58. The SMILES string of the molecule is C[C@H](O)[C@H]1CC[C@H]2[C@@H]3CCC4=CC(O)CC[C@]4(C)[C@H]3CC[C@]12C. The van der Waals surface area contributed by atoms with Gasteiger partial charge in [-0.3, -0.25) is 0 Å². The summed E-state index contributed by atoms with van der Waals surface area (Å²) in [6, 6.07) is 0. The molecule has 0 spiro atoms. The zero-order chi connectivity index (χ0) is 16.4. The van der Waals surface area contributed by atoms with Crippen LogP contribution in [0.2, 0.25) is 0 Å². The molecule has 0 radical (unpaired) electrons. The fourth-order valence-electron chi connectivity index (χ4n) is 7.54. The molecular weight excluding hydrogens is 284 g/mol. The highest BCUT2D eigenvalue weighted by Gasteiger charge is 2.59. The zero-order valence-corrected chi connectivity index (χ0v) is 15.1. The highest BCUT2D eigenvalue weighted by Crippen LogP contribution is 2.67. The predicted octanol–water partition coefficient (Wildman–Crippen LogP) is 4.31. The molecule has 0 heterocycles. The summed E-state index contributed by atoms with van der Waals surface area (Å²) in [5.41, 5.74) is 2.26. The Kier molecular flexibility index (Phi) is 3.74. The van der Waals surface area contributed by atoms with Crippen molar-refractivity contribution in [1.29, 1.82) is 0 Å². The maximum Gasteiger partial charge on any atom is 0.0724 e. The number of hydrogen-bond donors (Lipinski definition) is 2. The second-order valence-electron chi connectivity index (χ2n) is 9.60. The van der Waals surface area contributed by atoms with E-state index in [0.29, 0.717) is 16.7 Å². The molecule has 8 atom stereocenters. The summed E-state index contributed by atoms with van der Waals surface area (Å²) in [6.07, 6.45) is 11.6. The van der Waals surface area contributed by atoms with Crippen molar-refractivity contribution in [2.75, 3.05) is 0 Å². The Labute approximate surface area is 141 Å². The monoisotopic (exact) mass is 318 g/mol. The molecule has 0 aromatic carbocycles. The van der Waals surface area contributed by atoms with Gasteiger partial charge in [0.05, 0.1) is 12.2 Å². The Morgan fingerprint density at radius 3 is 2.57 bits per heavy atom. The van der Waals surface area contributed by atoms with Gasteiger partial charge in [-0.25, -0.2) is 0 Å². The first-order chi connectivity index (χ1) is 10.9. The van der Waals surface area contributed by atoms with Crippen LogP contribution in [0, 0.1) is 34.5 Å². The molecule has 0 saturated heterocycles. The Bertz CT molecular complexity index is 510. The van der Waals surface area contributed by atoms with E-state index in [2.05, 4.69) is 19.9 Å². The Balaban J connectivity index is 1.64. The number of hydrogen-bond acceptors (Lipinski definition) is 2. The number of aliphatic hydroxyl groups is 2. The third-order valence-corrected chi connectivity index (χ3v) is 8.74. The molecule has 0 amide bonds. The molecule has 3 fully saturated rings. The summed E-state index contributed by atoms with van der Waals surface area (Å²) in [6.45, 7) is 6.98. The first kappa shape index (κ1) is 16.1. The van der Waals surface area contributed by atoms with Gasteiger partial charge in [0.2, 0.25) is 0 Å². The van der Waals surface area contributed by atoms with Crippen LogP contribution in [0.4, 0.5) is 0 Å². The van der Waals surface area contributed by atoms with Crippen LogP contribution in [0.5, 0.6) is 0 Å². The van der Waals surface area contributed by atoms with E-state index in [0.717, 1.165) is 24.2 Å². The average molecular weight is 319 g/mol. The van der Waals surface area contributed by atoms with Crippen molar-refractivity contribution in [3.05, 3.63) is 11.6 Å². The van der Waals surface area contributed by atoms with Gasteiger partial charge >= 0.3 is 0 Å². The van der Waals surface area contributed by atoms with E-state index in [4.69, 9.17) is 0 Å². The first-order valence-corrected chi connectivity index (χ1v) is 9.93. The van der Waals surface area contributed by atoms with Gasteiger partial charge in [0.1, 0.15) is 0 Å². The normalized spacial score (nSPS) is 53.8. The van der Waals surface area contributed by atoms with Crippen LogP contribution in [0.3, 0.4) is 0 Å². The molecule has 4 rings (SSSR count). The molecule has 1 unspecified atom stereocenters. The van der Waals surface area contributed by atoms with Crippen molar-refractivity contribution in [1.82, 2.24) is 0 Å². The number of fused-ring (bicyclic) bond motifs is 5. The predicted molar refractivity (Wildman–Crippen MR) is 92.9 cm³/mol. The van der Waals surface area contributed by atoms with E-state index in [1.807, 2.05) is 6.92 Å². The molecule has 130 valence electrons. The van der Waals surface area contributed by atoms with Gasteiger partial charge < -0.3 is 10.2 Å². The molecule has 4 aliphatic carbocycles. The highest BCUT2D eigenvalue weighted by molar-refractivity contribution is 5.25. The van der Waals surface area contributed by atoms with Gasteiger partial charge in [-0.2, -0.15) is 0 Å². The number of allylic oxidation sites excluding steroid dienone is 1. The maximum absolute atomic E-state index is 10.3. The minimum atomic E-state index is -0.199.